The fourth-order valence-corrected chi connectivity index (χ4v) is 3.04. The highest BCUT2D eigenvalue weighted by molar-refractivity contribution is 8.00. The number of hydrogen-bond acceptors (Lipinski definition) is 3. The van der Waals surface area contributed by atoms with E-state index in [-0.39, 0.29) is 10.2 Å². The highest BCUT2D eigenvalue weighted by atomic mass is 32.2. The minimum Gasteiger partial charge on any atom is -0.259 e. The first-order valence-corrected chi connectivity index (χ1v) is 6.21. The summed E-state index contributed by atoms with van der Waals surface area (Å²) in [6.45, 7) is 0. The molecule has 0 saturated carbocycles. The average molecular weight is 235 g/mol. The van der Waals surface area contributed by atoms with Crippen LogP contribution < -0.4 is 0 Å². The van der Waals surface area contributed by atoms with Crippen LogP contribution in [0.3, 0.4) is 0 Å². The van der Waals surface area contributed by atoms with E-state index < -0.39 is 0 Å². The Morgan fingerprint density at radius 3 is 2.75 bits per heavy atom. The molecule has 0 N–H and O–H groups in total. The Balaban J connectivity index is 2.12. The maximum Gasteiger partial charge on any atom is 0.255 e. The van der Waals surface area contributed by atoms with E-state index in [1.165, 1.54) is 0 Å². The molecule has 1 aromatic rings. The standard InChI is InChI=1S/C12H13NO2S/c14-13(15)11-8-4-5-9-12(11)16-10-6-2-1-3-7-10/h1-3,6-8,12H,4-5,9H2. The van der Waals surface area contributed by atoms with Crippen molar-refractivity contribution in [1.82, 2.24) is 0 Å². The van der Waals surface area contributed by atoms with Crippen molar-refractivity contribution in [3.63, 3.8) is 0 Å². The number of thioether (sulfide) groups is 1. The fourth-order valence-electron chi connectivity index (χ4n) is 1.81. The van der Waals surface area contributed by atoms with Crippen LogP contribution in [0.2, 0.25) is 0 Å². The first kappa shape index (κ1) is 11.2. The van der Waals surface area contributed by atoms with Crippen LogP contribution in [0.5, 0.6) is 0 Å². The van der Waals surface area contributed by atoms with Gasteiger partial charge in [0.2, 0.25) is 0 Å². The van der Waals surface area contributed by atoms with E-state index in [4.69, 9.17) is 0 Å². The van der Waals surface area contributed by atoms with Gasteiger partial charge in [-0.15, -0.1) is 11.8 Å². The van der Waals surface area contributed by atoms with Gasteiger partial charge in [-0.05, 0) is 37.5 Å². The van der Waals surface area contributed by atoms with Gasteiger partial charge in [-0.1, -0.05) is 18.2 Å². The molecular formula is C12H13NO2S. The van der Waals surface area contributed by atoms with Gasteiger partial charge in [0.15, 0.2) is 0 Å². The Kier molecular flexibility index (Phi) is 3.62. The molecule has 84 valence electrons. The van der Waals surface area contributed by atoms with Crippen molar-refractivity contribution in [2.75, 3.05) is 0 Å². The molecule has 1 aliphatic carbocycles. The monoisotopic (exact) mass is 235 g/mol. The van der Waals surface area contributed by atoms with E-state index in [1.807, 2.05) is 30.3 Å². The highest BCUT2D eigenvalue weighted by Gasteiger charge is 2.27. The van der Waals surface area contributed by atoms with Crippen LogP contribution in [0.15, 0.2) is 47.0 Å². The van der Waals surface area contributed by atoms with Crippen LogP contribution in [-0.4, -0.2) is 10.2 Å². The van der Waals surface area contributed by atoms with Gasteiger partial charge < -0.3 is 0 Å². The van der Waals surface area contributed by atoms with Crippen molar-refractivity contribution in [2.24, 2.45) is 0 Å². The Labute approximate surface area is 98.7 Å². The van der Waals surface area contributed by atoms with E-state index in [0.717, 1.165) is 24.2 Å². The predicted octanol–water partition coefficient (Wildman–Crippen LogP) is 3.49. The summed E-state index contributed by atoms with van der Waals surface area (Å²) in [7, 11) is 0. The van der Waals surface area contributed by atoms with Crippen molar-refractivity contribution in [2.45, 2.75) is 29.4 Å². The maximum absolute atomic E-state index is 10.9. The number of benzene rings is 1. The van der Waals surface area contributed by atoms with Crippen molar-refractivity contribution in [3.05, 3.63) is 52.2 Å². The SMILES string of the molecule is O=[N+]([O-])C1=CCCCC1Sc1ccccc1. The molecule has 0 radical (unpaired) electrons. The summed E-state index contributed by atoms with van der Waals surface area (Å²) in [5, 5.41) is 10.9. The van der Waals surface area contributed by atoms with Crippen molar-refractivity contribution >= 4 is 11.8 Å². The Morgan fingerprint density at radius 2 is 2.06 bits per heavy atom. The fraction of sp³-hybridized carbons (Fsp3) is 0.333. The molecule has 0 amide bonds. The molecule has 0 aromatic heterocycles. The zero-order valence-electron chi connectivity index (χ0n) is 8.83. The summed E-state index contributed by atoms with van der Waals surface area (Å²) in [5.74, 6) is 0. The summed E-state index contributed by atoms with van der Waals surface area (Å²) < 4.78 is 0. The summed E-state index contributed by atoms with van der Waals surface area (Å²) >= 11 is 1.59. The molecular weight excluding hydrogens is 222 g/mol. The van der Waals surface area contributed by atoms with E-state index >= 15 is 0 Å². The third kappa shape index (κ3) is 2.64. The minimum absolute atomic E-state index is 0.00569. The van der Waals surface area contributed by atoms with Gasteiger partial charge in [-0.2, -0.15) is 0 Å². The molecule has 0 heterocycles. The molecule has 2 rings (SSSR count). The first-order chi connectivity index (χ1) is 7.77. The van der Waals surface area contributed by atoms with Gasteiger partial charge in [0.05, 0.1) is 10.2 Å². The van der Waals surface area contributed by atoms with Crippen molar-refractivity contribution < 1.29 is 4.92 Å². The number of allylic oxidation sites excluding steroid dienone is 1. The van der Waals surface area contributed by atoms with E-state index in [2.05, 4.69) is 0 Å². The molecule has 0 bridgehead atoms. The molecule has 1 atom stereocenters. The Morgan fingerprint density at radius 1 is 1.31 bits per heavy atom. The lowest BCUT2D eigenvalue weighted by Crippen LogP contribution is -2.17. The molecule has 16 heavy (non-hydrogen) atoms. The quantitative estimate of drug-likeness (QED) is 0.595. The smallest absolute Gasteiger partial charge is 0.255 e. The second-order valence-corrected chi connectivity index (χ2v) is 5.01. The van der Waals surface area contributed by atoms with E-state index in [0.29, 0.717) is 5.70 Å². The third-order valence-corrected chi connectivity index (χ3v) is 3.89. The zero-order valence-corrected chi connectivity index (χ0v) is 9.65. The second-order valence-electron chi connectivity index (χ2n) is 3.74. The molecule has 4 heteroatoms. The largest absolute Gasteiger partial charge is 0.259 e. The second kappa shape index (κ2) is 5.16. The summed E-state index contributed by atoms with van der Waals surface area (Å²) in [5.41, 5.74) is 0.375. The van der Waals surface area contributed by atoms with E-state index in [1.54, 1.807) is 17.8 Å². The van der Waals surface area contributed by atoms with Crippen molar-refractivity contribution in [3.8, 4) is 0 Å². The minimum atomic E-state index is -0.236. The van der Waals surface area contributed by atoms with Gasteiger partial charge in [0, 0.05) is 4.90 Å². The first-order valence-electron chi connectivity index (χ1n) is 5.33. The van der Waals surface area contributed by atoms with Crippen LogP contribution in [0, 0.1) is 10.1 Å². The Bertz CT molecular complexity index is 403. The predicted molar refractivity (Wildman–Crippen MR) is 65.0 cm³/mol. The molecule has 0 saturated heterocycles. The molecule has 0 spiro atoms. The van der Waals surface area contributed by atoms with E-state index in [9.17, 15) is 10.1 Å². The van der Waals surface area contributed by atoms with Gasteiger partial charge in [-0.3, -0.25) is 10.1 Å². The summed E-state index contributed by atoms with van der Waals surface area (Å²) in [6, 6.07) is 9.87. The van der Waals surface area contributed by atoms with Crippen molar-refractivity contribution in [1.29, 1.82) is 0 Å². The van der Waals surface area contributed by atoms with Crippen LogP contribution in [0.1, 0.15) is 19.3 Å². The molecule has 1 unspecified atom stereocenters. The normalized spacial score (nSPS) is 20.2. The van der Waals surface area contributed by atoms with Gasteiger partial charge in [0.1, 0.15) is 0 Å². The number of hydrogen-bond donors (Lipinski definition) is 0. The van der Waals surface area contributed by atoms with Crippen LogP contribution in [0.4, 0.5) is 0 Å². The van der Waals surface area contributed by atoms with Gasteiger partial charge >= 0.3 is 0 Å². The van der Waals surface area contributed by atoms with Crippen LogP contribution in [-0.2, 0) is 0 Å². The van der Waals surface area contributed by atoms with Gasteiger partial charge in [0.25, 0.3) is 5.70 Å². The lowest BCUT2D eigenvalue weighted by atomic mass is 10.0. The third-order valence-electron chi connectivity index (χ3n) is 2.59. The molecule has 0 fully saturated rings. The summed E-state index contributed by atoms with van der Waals surface area (Å²) in [6.07, 6.45) is 4.54. The number of nitrogens with zero attached hydrogens (tertiary/aromatic N) is 1. The maximum atomic E-state index is 10.9. The molecule has 0 aliphatic heterocycles. The Hall–Kier alpha value is -1.29. The number of nitro groups is 1. The zero-order chi connectivity index (χ0) is 11.4. The van der Waals surface area contributed by atoms with Crippen LogP contribution in [0.25, 0.3) is 0 Å². The molecule has 3 nitrogen and oxygen atoms in total. The van der Waals surface area contributed by atoms with Gasteiger partial charge in [-0.25, -0.2) is 0 Å². The average Bonchev–Trinajstić information content (AvgIpc) is 2.31. The number of rotatable bonds is 3. The van der Waals surface area contributed by atoms with Crippen LogP contribution >= 0.6 is 11.8 Å². The lowest BCUT2D eigenvalue weighted by Gasteiger charge is -2.17. The molecule has 1 aromatic carbocycles. The lowest BCUT2D eigenvalue weighted by molar-refractivity contribution is -0.427. The highest BCUT2D eigenvalue weighted by Crippen LogP contribution is 2.34. The summed E-state index contributed by atoms with van der Waals surface area (Å²) in [4.78, 5) is 11.7. The topological polar surface area (TPSA) is 43.1 Å². The molecule has 1 aliphatic rings.